The summed E-state index contributed by atoms with van der Waals surface area (Å²) in [6.07, 6.45) is 0. The van der Waals surface area contributed by atoms with Gasteiger partial charge in [-0.05, 0) is 38.2 Å². The Labute approximate surface area is 167 Å². The van der Waals surface area contributed by atoms with Crippen LogP contribution >= 0.6 is 23.2 Å². The summed E-state index contributed by atoms with van der Waals surface area (Å²) in [6.45, 7) is 1.62. The normalized spacial score (nSPS) is 11.6. The number of nitrogens with one attached hydrogen (secondary N) is 2. The summed E-state index contributed by atoms with van der Waals surface area (Å²) >= 11 is 12.1. The number of rotatable bonds is 6. The molecule has 0 radical (unpaired) electrons. The van der Waals surface area contributed by atoms with Gasteiger partial charge >= 0.3 is 0 Å². The summed E-state index contributed by atoms with van der Waals surface area (Å²) in [5.41, 5.74) is 1.13. The first-order valence-electron chi connectivity index (χ1n) is 8.07. The second-order valence-corrected chi connectivity index (χ2v) is 6.70. The zero-order valence-corrected chi connectivity index (χ0v) is 16.3. The average Bonchev–Trinajstić information content (AvgIpc) is 2.64. The van der Waals surface area contributed by atoms with Gasteiger partial charge < -0.3 is 10.6 Å². The van der Waals surface area contributed by atoms with Gasteiger partial charge in [-0.15, -0.1) is 0 Å². The van der Waals surface area contributed by atoms with E-state index in [1.807, 2.05) is 6.07 Å². The summed E-state index contributed by atoms with van der Waals surface area (Å²) in [5, 5.41) is 15.1. The predicted molar refractivity (Wildman–Crippen MR) is 107 cm³/mol. The lowest BCUT2D eigenvalue weighted by Crippen LogP contribution is -2.43. The van der Waals surface area contributed by atoms with Crippen LogP contribution in [0.15, 0.2) is 42.5 Å². The molecule has 0 aliphatic heterocycles. The van der Waals surface area contributed by atoms with Gasteiger partial charge in [0.2, 0.25) is 11.8 Å². The summed E-state index contributed by atoms with van der Waals surface area (Å²) < 4.78 is 0. The highest BCUT2D eigenvalue weighted by Crippen LogP contribution is 2.29. The Balaban J connectivity index is 1.98. The molecule has 8 heteroatoms. The fourth-order valence-electron chi connectivity index (χ4n) is 2.29. The molecule has 0 spiro atoms. The molecule has 0 aliphatic rings. The molecular formula is C19H18Cl2N4O2. The van der Waals surface area contributed by atoms with Gasteiger partial charge in [0.25, 0.3) is 0 Å². The molecule has 2 amide bonds. The van der Waals surface area contributed by atoms with E-state index in [9.17, 15) is 9.59 Å². The van der Waals surface area contributed by atoms with Gasteiger partial charge in [-0.3, -0.25) is 14.5 Å². The quantitative estimate of drug-likeness (QED) is 0.767. The molecule has 0 unspecified atom stereocenters. The molecule has 140 valence electrons. The van der Waals surface area contributed by atoms with E-state index in [4.69, 9.17) is 28.5 Å². The molecule has 0 saturated carbocycles. The number of carbonyl (C=O) groups excluding carboxylic acids is 2. The number of amides is 2. The van der Waals surface area contributed by atoms with Gasteiger partial charge in [0.05, 0.1) is 39.6 Å². The topological polar surface area (TPSA) is 85.2 Å². The molecule has 0 saturated heterocycles. The molecule has 2 N–H and O–H groups in total. The average molecular weight is 405 g/mol. The molecule has 2 aromatic rings. The SMILES string of the molecule is C[C@H](C(=O)Nc1ccccc1C#N)N(C)CC(=O)Nc1c(Cl)cccc1Cl. The summed E-state index contributed by atoms with van der Waals surface area (Å²) in [7, 11) is 1.65. The van der Waals surface area contributed by atoms with E-state index in [-0.39, 0.29) is 18.4 Å². The number of nitriles is 1. The van der Waals surface area contributed by atoms with Crippen LogP contribution in [0.5, 0.6) is 0 Å². The highest BCUT2D eigenvalue weighted by Gasteiger charge is 2.21. The Morgan fingerprint density at radius 2 is 1.74 bits per heavy atom. The maximum Gasteiger partial charge on any atom is 0.241 e. The third kappa shape index (κ3) is 5.44. The van der Waals surface area contributed by atoms with E-state index in [0.717, 1.165) is 0 Å². The standard InChI is InChI=1S/C19H18Cl2N4O2/c1-12(19(27)23-16-9-4-3-6-13(16)10-22)25(2)11-17(26)24-18-14(20)7-5-8-15(18)21/h3-9,12H,11H2,1-2H3,(H,23,27)(H,24,26)/t12-/m1/s1. The van der Waals surface area contributed by atoms with Crippen molar-refractivity contribution < 1.29 is 9.59 Å². The van der Waals surface area contributed by atoms with Gasteiger partial charge in [-0.2, -0.15) is 5.26 Å². The van der Waals surface area contributed by atoms with Crippen LogP contribution in [0.4, 0.5) is 11.4 Å². The summed E-state index contributed by atoms with van der Waals surface area (Å²) in [5.74, 6) is -0.687. The molecule has 6 nitrogen and oxygen atoms in total. The smallest absolute Gasteiger partial charge is 0.241 e. The van der Waals surface area contributed by atoms with E-state index in [1.165, 1.54) is 0 Å². The van der Waals surface area contributed by atoms with Crippen molar-refractivity contribution in [3.63, 3.8) is 0 Å². The lowest BCUT2D eigenvalue weighted by molar-refractivity contribution is -0.122. The zero-order chi connectivity index (χ0) is 20.0. The van der Waals surface area contributed by atoms with E-state index in [2.05, 4.69) is 10.6 Å². The highest BCUT2D eigenvalue weighted by molar-refractivity contribution is 6.39. The van der Waals surface area contributed by atoms with Crippen molar-refractivity contribution in [2.75, 3.05) is 24.2 Å². The van der Waals surface area contributed by atoms with Crippen LogP contribution in [0.2, 0.25) is 10.0 Å². The Morgan fingerprint density at radius 1 is 1.11 bits per heavy atom. The second-order valence-electron chi connectivity index (χ2n) is 5.88. The number of nitrogens with zero attached hydrogens (tertiary/aromatic N) is 2. The first kappa shape index (κ1) is 20.7. The van der Waals surface area contributed by atoms with E-state index in [0.29, 0.717) is 27.0 Å². The minimum atomic E-state index is -0.607. The Hall–Kier alpha value is -2.59. The lowest BCUT2D eigenvalue weighted by Gasteiger charge is -2.23. The van der Waals surface area contributed by atoms with Crippen molar-refractivity contribution in [2.45, 2.75) is 13.0 Å². The van der Waals surface area contributed by atoms with E-state index < -0.39 is 6.04 Å². The molecular weight excluding hydrogens is 387 g/mol. The van der Waals surface area contributed by atoms with Gasteiger partial charge in [0.1, 0.15) is 6.07 Å². The maximum absolute atomic E-state index is 12.4. The Kier molecular flexibility index (Phi) is 7.19. The minimum absolute atomic E-state index is 0.0456. The minimum Gasteiger partial charge on any atom is -0.324 e. The van der Waals surface area contributed by atoms with Gasteiger partial charge in [0, 0.05) is 0 Å². The third-order valence-corrected chi connectivity index (χ3v) is 4.60. The van der Waals surface area contributed by atoms with Crippen molar-refractivity contribution in [2.24, 2.45) is 0 Å². The van der Waals surface area contributed by atoms with Crippen LogP contribution in [0, 0.1) is 11.3 Å². The molecule has 0 aromatic heterocycles. The first-order chi connectivity index (χ1) is 12.8. The number of carbonyl (C=O) groups is 2. The number of halogens is 2. The van der Waals surface area contributed by atoms with E-state index in [1.54, 1.807) is 61.3 Å². The zero-order valence-electron chi connectivity index (χ0n) is 14.8. The number of anilines is 2. The third-order valence-electron chi connectivity index (χ3n) is 3.97. The summed E-state index contributed by atoms with van der Waals surface area (Å²) in [4.78, 5) is 26.3. The van der Waals surface area contributed by atoms with Crippen LogP contribution in [-0.4, -0.2) is 36.3 Å². The van der Waals surface area contributed by atoms with Crippen molar-refractivity contribution in [1.29, 1.82) is 5.26 Å². The molecule has 0 fully saturated rings. The molecule has 2 rings (SSSR count). The molecule has 0 aliphatic carbocycles. The molecule has 0 heterocycles. The van der Waals surface area contributed by atoms with Crippen molar-refractivity contribution in [3.8, 4) is 6.07 Å². The molecule has 0 bridgehead atoms. The number of benzene rings is 2. The lowest BCUT2D eigenvalue weighted by atomic mass is 10.2. The van der Waals surface area contributed by atoms with Crippen molar-refractivity contribution in [3.05, 3.63) is 58.1 Å². The Bertz CT molecular complexity index is 875. The largest absolute Gasteiger partial charge is 0.324 e. The highest BCUT2D eigenvalue weighted by atomic mass is 35.5. The van der Waals surface area contributed by atoms with Crippen LogP contribution in [0.1, 0.15) is 12.5 Å². The molecule has 2 aromatic carbocycles. The van der Waals surface area contributed by atoms with Crippen LogP contribution in [0.25, 0.3) is 0 Å². The van der Waals surface area contributed by atoms with Crippen LogP contribution in [0.3, 0.4) is 0 Å². The molecule has 27 heavy (non-hydrogen) atoms. The van der Waals surface area contributed by atoms with Crippen molar-refractivity contribution >= 4 is 46.4 Å². The maximum atomic E-state index is 12.4. The molecule has 1 atom stereocenters. The number of hydrogen-bond donors (Lipinski definition) is 2. The van der Waals surface area contributed by atoms with Crippen LogP contribution in [-0.2, 0) is 9.59 Å². The first-order valence-corrected chi connectivity index (χ1v) is 8.83. The van der Waals surface area contributed by atoms with Gasteiger partial charge in [-0.25, -0.2) is 0 Å². The monoisotopic (exact) mass is 404 g/mol. The fraction of sp³-hybridized carbons (Fsp3) is 0.211. The number of likely N-dealkylation sites (N-methyl/N-ethyl adjacent to an activating group) is 1. The van der Waals surface area contributed by atoms with Gasteiger partial charge in [0.15, 0.2) is 0 Å². The van der Waals surface area contributed by atoms with Crippen LogP contribution < -0.4 is 10.6 Å². The predicted octanol–water partition coefficient (Wildman–Crippen LogP) is 3.76. The van der Waals surface area contributed by atoms with Gasteiger partial charge in [-0.1, -0.05) is 41.4 Å². The number of hydrogen-bond acceptors (Lipinski definition) is 4. The number of para-hydroxylation sites is 2. The Morgan fingerprint density at radius 3 is 2.37 bits per heavy atom. The fourth-order valence-corrected chi connectivity index (χ4v) is 2.78. The summed E-state index contributed by atoms with van der Waals surface area (Å²) in [6, 6.07) is 13.0. The second kappa shape index (κ2) is 9.38. The van der Waals surface area contributed by atoms with E-state index >= 15 is 0 Å². The van der Waals surface area contributed by atoms with Crippen molar-refractivity contribution in [1.82, 2.24) is 4.90 Å².